The monoisotopic (exact) mass is 606 g/mol. The van der Waals surface area contributed by atoms with Crippen LogP contribution in [0.5, 0.6) is 0 Å². The third-order valence-electron chi connectivity index (χ3n) is 5.81. The molecule has 0 saturated carbocycles. The van der Waals surface area contributed by atoms with Crippen LogP contribution in [0.15, 0.2) is 58.8 Å². The summed E-state index contributed by atoms with van der Waals surface area (Å²) in [5.74, 6) is -5.85. The van der Waals surface area contributed by atoms with E-state index in [1.54, 1.807) is 6.07 Å². The molecule has 1 aliphatic rings. The van der Waals surface area contributed by atoms with Crippen LogP contribution in [0.3, 0.4) is 0 Å². The zero-order chi connectivity index (χ0) is 29.8. The second-order valence-electron chi connectivity index (χ2n) is 8.91. The minimum atomic E-state index is -3.89. The Labute approximate surface area is 235 Å². The molecule has 4 rings (SSSR count). The number of carbonyl (C=O) groups is 3. The minimum absolute atomic E-state index is 0.0664. The lowest BCUT2D eigenvalue weighted by Gasteiger charge is -2.19. The number of thiazole rings is 1. The van der Waals surface area contributed by atoms with Gasteiger partial charge in [0.1, 0.15) is 28.3 Å². The summed E-state index contributed by atoms with van der Waals surface area (Å²) in [5, 5.41) is 17.7. The molecule has 214 valence electrons. The van der Waals surface area contributed by atoms with Crippen LogP contribution in [0.2, 0.25) is 0 Å². The smallest absolute Gasteiger partial charge is 0.323 e. The number of amides is 4. The van der Waals surface area contributed by atoms with Gasteiger partial charge in [-0.15, -0.1) is 11.3 Å². The molecule has 1 fully saturated rings. The number of hydrogen-bond donors (Lipinski definition) is 3. The van der Waals surface area contributed by atoms with E-state index in [1.165, 1.54) is 53.9 Å². The molecule has 0 aliphatic carbocycles. The van der Waals surface area contributed by atoms with E-state index in [4.69, 9.17) is 5.26 Å². The molecular formula is C25H21F3N6O5S2. The number of rotatable bonds is 8. The van der Waals surface area contributed by atoms with Gasteiger partial charge in [-0.25, -0.2) is 31.4 Å². The number of alkyl halides is 2. The molecule has 0 radical (unpaired) electrons. The number of anilines is 2. The van der Waals surface area contributed by atoms with E-state index < -0.39 is 70.7 Å². The second-order valence-corrected chi connectivity index (χ2v) is 11.8. The van der Waals surface area contributed by atoms with Crippen molar-refractivity contribution in [2.24, 2.45) is 0 Å². The normalized spacial score (nSPS) is 16.0. The number of sulfone groups is 1. The molecule has 11 nitrogen and oxygen atoms in total. The van der Waals surface area contributed by atoms with Gasteiger partial charge in [0.05, 0.1) is 24.1 Å². The topological polar surface area (TPSA) is 161 Å². The van der Waals surface area contributed by atoms with Crippen LogP contribution in [0, 0.1) is 17.1 Å². The fraction of sp³-hybridized carbons (Fsp3) is 0.240. The largest absolute Gasteiger partial charge is 0.342 e. The molecule has 0 bridgehead atoms. The number of likely N-dealkylation sites (tertiary alicyclic amines) is 1. The third-order valence-corrected chi connectivity index (χ3v) is 8.49. The summed E-state index contributed by atoms with van der Waals surface area (Å²) in [6.07, 6.45) is -0.779. The fourth-order valence-electron chi connectivity index (χ4n) is 3.84. The van der Waals surface area contributed by atoms with Gasteiger partial charge in [-0.2, -0.15) is 5.26 Å². The van der Waals surface area contributed by atoms with E-state index in [2.05, 4.69) is 20.9 Å². The highest BCUT2D eigenvalue weighted by Crippen LogP contribution is 2.31. The van der Waals surface area contributed by atoms with E-state index in [-0.39, 0.29) is 15.6 Å². The maximum Gasteiger partial charge on any atom is 0.323 e. The van der Waals surface area contributed by atoms with Crippen LogP contribution in [0.25, 0.3) is 0 Å². The number of aromatic nitrogens is 1. The van der Waals surface area contributed by atoms with Crippen LogP contribution in [-0.4, -0.2) is 61.2 Å². The van der Waals surface area contributed by atoms with Crippen LogP contribution in [0.1, 0.15) is 21.9 Å². The van der Waals surface area contributed by atoms with Gasteiger partial charge in [0.2, 0.25) is 5.91 Å². The molecule has 3 N–H and O–H groups in total. The number of carbonyl (C=O) groups excluding carboxylic acids is 3. The molecule has 1 atom stereocenters. The maximum atomic E-state index is 13.6. The minimum Gasteiger partial charge on any atom is -0.342 e. The van der Waals surface area contributed by atoms with E-state index in [9.17, 15) is 36.0 Å². The second kappa shape index (κ2) is 11.9. The lowest BCUT2D eigenvalue weighted by molar-refractivity contribution is -0.131. The van der Waals surface area contributed by atoms with Gasteiger partial charge in [0.25, 0.3) is 11.8 Å². The number of nitriles is 1. The highest BCUT2D eigenvalue weighted by molar-refractivity contribution is 7.90. The number of benzene rings is 2. The van der Waals surface area contributed by atoms with Crippen molar-refractivity contribution in [3.63, 3.8) is 0 Å². The number of nitrogens with one attached hydrogen (secondary N) is 3. The Balaban J connectivity index is 1.30. The Kier molecular flexibility index (Phi) is 8.59. The Hall–Kier alpha value is -4.49. The first-order valence-electron chi connectivity index (χ1n) is 11.8. The van der Waals surface area contributed by atoms with E-state index in [0.29, 0.717) is 16.3 Å². The average Bonchev–Trinajstić information content (AvgIpc) is 3.51. The van der Waals surface area contributed by atoms with Crippen molar-refractivity contribution in [1.29, 1.82) is 5.26 Å². The van der Waals surface area contributed by atoms with Gasteiger partial charge in [-0.1, -0.05) is 0 Å². The summed E-state index contributed by atoms with van der Waals surface area (Å²) in [4.78, 5) is 41.4. The molecule has 16 heteroatoms. The van der Waals surface area contributed by atoms with Gasteiger partial charge in [0.15, 0.2) is 9.84 Å². The summed E-state index contributed by atoms with van der Waals surface area (Å²) in [7, 11) is -3.89. The summed E-state index contributed by atoms with van der Waals surface area (Å²) < 4.78 is 65.8. The van der Waals surface area contributed by atoms with Crippen molar-refractivity contribution in [2.75, 3.05) is 23.7 Å². The predicted molar refractivity (Wildman–Crippen MR) is 141 cm³/mol. The Morgan fingerprint density at radius 3 is 2.29 bits per heavy atom. The molecule has 4 amide bonds. The molecule has 2 aromatic carbocycles. The summed E-state index contributed by atoms with van der Waals surface area (Å²) in [6, 6.07) is 10.2. The number of hydrogen-bond acceptors (Lipinski definition) is 8. The third kappa shape index (κ3) is 7.58. The van der Waals surface area contributed by atoms with Gasteiger partial charge >= 0.3 is 6.03 Å². The van der Waals surface area contributed by atoms with E-state index in [1.807, 2.05) is 0 Å². The van der Waals surface area contributed by atoms with E-state index in [0.717, 1.165) is 11.3 Å². The molecule has 0 unspecified atom stereocenters. The first-order chi connectivity index (χ1) is 19.3. The van der Waals surface area contributed by atoms with E-state index >= 15 is 0 Å². The van der Waals surface area contributed by atoms with Crippen molar-refractivity contribution in [1.82, 2.24) is 15.2 Å². The van der Waals surface area contributed by atoms with Gasteiger partial charge < -0.3 is 20.9 Å². The van der Waals surface area contributed by atoms with Crippen LogP contribution < -0.4 is 16.0 Å². The van der Waals surface area contributed by atoms with Crippen molar-refractivity contribution in [2.45, 2.75) is 29.0 Å². The summed E-state index contributed by atoms with van der Waals surface area (Å²) in [5.41, 5.74) is 0.489. The number of halogens is 3. The van der Waals surface area contributed by atoms with Crippen molar-refractivity contribution < 1.29 is 36.0 Å². The van der Waals surface area contributed by atoms with Crippen LogP contribution in [0.4, 0.5) is 29.3 Å². The molecule has 1 aromatic heterocycles. The van der Waals surface area contributed by atoms with Gasteiger partial charge in [0, 0.05) is 23.2 Å². The van der Waals surface area contributed by atoms with Gasteiger partial charge in [-0.05, 0) is 48.5 Å². The molecule has 41 heavy (non-hydrogen) atoms. The Bertz CT molecular complexity index is 1610. The lowest BCUT2D eigenvalue weighted by atomic mass is 10.2. The predicted octanol–water partition coefficient (Wildman–Crippen LogP) is 3.39. The summed E-state index contributed by atoms with van der Waals surface area (Å²) >= 11 is 0.899. The standard InChI is InChI=1S/C25H21F3N6O5S2/c26-15-1-3-16(4-2-15)31-24(37)32-17-5-7-19(8-6-17)41(38,39)13-21-33-20(12-40-21)23(36)30-11-22(35)34-14-25(27,28)9-18(34)10-29/h1-8,12,18H,9,11,13-14H2,(H,30,36)(H2,31,32,37)/t18-/m0/s1. The zero-order valence-electron chi connectivity index (χ0n) is 20.9. The fourth-order valence-corrected chi connectivity index (χ4v) is 6.25. The number of urea groups is 1. The molecule has 3 aromatic rings. The summed E-state index contributed by atoms with van der Waals surface area (Å²) in [6.45, 7) is -1.56. The van der Waals surface area contributed by atoms with Crippen molar-refractivity contribution in [3.05, 3.63) is 70.4 Å². The highest BCUT2D eigenvalue weighted by atomic mass is 32.2. The van der Waals surface area contributed by atoms with Crippen LogP contribution in [-0.2, 0) is 20.4 Å². The lowest BCUT2D eigenvalue weighted by Crippen LogP contribution is -2.43. The molecule has 0 spiro atoms. The average molecular weight is 607 g/mol. The van der Waals surface area contributed by atoms with Gasteiger partial charge in [-0.3, -0.25) is 9.59 Å². The quantitative estimate of drug-likeness (QED) is 0.354. The highest BCUT2D eigenvalue weighted by Gasteiger charge is 2.47. The SMILES string of the molecule is N#C[C@@H]1CC(F)(F)CN1C(=O)CNC(=O)c1csc(CS(=O)(=O)c2ccc(NC(=O)Nc3ccc(F)cc3)cc2)n1. The Morgan fingerprint density at radius 2 is 1.68 bits per heavy atom. The molecular weight excluding hydrogens is 585 g/mol. The molecule has 1 saturated heterocycles. The van der Waals surface area contributed by atoms with Crippen LogP contribution >= 0.6 is 11.3 Å². The maximum absolute atomic E-state index is 13.6. The Morgan fingerprint density at radius 1 is 1.07 bits per heavy atom. The van der Waals surface area contributed by atoms with Crippen molar-refractivity contribution in [3.8, 4) is 6.07 Å². The first kappa shape index (κ1) is 29.5. The first-order valence-corrected chi connectivity index (χ1v) is 14.3. The molecule has 1 aliphatic heterocycles. The molecule has 2 heterocycles. The number of nitrogens with zero attached hydrogens (tertiary/aromatic N) is 3. The van der Waals surface area contributed by atoms with Crippen molar-refractivity contribution >= 4 is 50.4 Å². The zero-order valence-corrected chi connectivity index (χ0v) is 22.6.